The Labute approximate surface area is 101 Å². The number of hydrogen-bond donors (Lipinski definition) is 4. The SMILES string of the molecule is COCC(=O)C1(N)NC(=O)c2[nH]cnc2NC1=O. The number of nitrogens with two attached hydrogens (primary N) is 1. The molecule has 1 aliphatic rings. The molecule has 2 rings (SSSR count). The zero-order valence-corrected chi connectivity index (χ0v) is 9.44. The number of carbonyl (C=O) groups excluding carboxylic acids is 3. The topological polar surface area (TPSA) is 139 Å². The van der Waals surface area contributed by atoms with Crippen molar-refractivity contribution in [2.45, 2.75) is 5.66 Å². The maximum Gasteiger partial charge on any atom is 0.274 e. The Bertz CT molecular complexity index is 525. The number of ketones is 1. The molecule has 96 valence electrons. The van der Waals surface area contributed by atoms with Gasteiger partial charge in [0.2, 0.25) is 11.4 Å². The van der Waals surface area contributed by atoms with Gasteiger partial charge in [-0.1, -0.05) is 0 Å². The van der Waals surface area contributed by atoms with Gasteiger partial charge in [0.05, 0.1) is 6.33 Å². The third-order valence-corrected chi connectivity index (χ3v) is 2.48. The molecule has 0 aromatic carbocycles. The molecule has 0 bridgehead atoms. The highest BCUT2D eigenvalue weighted by Crippen LogP contribution is 2.16. The molecule has 0 aliphatic carbocycles. The largest absolute Gasteiger partial charge is 0.377 e. The first-order valence-corrected chi connectivity index (χ1v) is 4.97. The maximum atomic E-state index is 11.9. The number of amides is 2. The van der Waals surface area contributed by atoms with Crippen molar-refractivity contribution in [2.24, 2.45) is 5.73 Å². The van der Waals surface area contributed by atoms with E-state index in [1.807, 2.05) is 0 Å². The van der Waals surface area contributed by atoms with Crippen LogP contribution in [0.25, 0.3) is 0 Å². The average molecular weight is 253 g/mol. The summed E-state index contributed by atoms with van der Waals surface area (Å²) in [6.45, 7) is -0.397. The molecule has 0 radical (unpaired) electrons. The molecule has 2 heterocycles. The van der Waals surface area contributed by atoms with Gasteiger partial charge in [0.25, 0.3) is 11.8 Å². The van der Waals surface area contributed by atoms with Crippen LogP contribution in [0.2, 0.25) is 0 Å². The number of hydrogen-bond acceptors (Lipinski definition) is 6. The fraction of sp³-hybridized carbons (Fsp3) is 0.333. The molecule has 0 saturated heterocycles. The number of ether oxygens (including phenoxy) is 1. The summed E-state index contributed by atoms with van der Waals surface area (Å²) in [5, 5.41) is 4.45. The molecule has 1 atom stereocenters. The van der Waals surface area contributed by atoms with Crippen LogP contribution in [0.3, 0.4) is 0 Å². The first-order valence-electron chi connectivity index (χ1n) is 4.97. The molecular weight excluding hydrogens is 242 g/mol. The minimum absolute atomic E-state index is 0.0232. The van der Waals surface area contributed by atoms with Gasteiger partial charge in [-0.15, -0.1) is 0 Å². The highest BCUT2D eigenvalue weighted by atomic mass is 16.5. The number of imidazole rings is 1. The number of methoxy groups -OCH3 is 1. The van der Waals surface area contributed by atoms with Crippen molar-refractivity contribution >= 4 is 23.4 Å². The van der Waals surface area contributed by atoms with Gasteiger partial charge in [-0.05, 0) is 0 Å². The zero-order chi connectivity index (χ0) is 13.3. The fourth-order valence-corrected chi connectivity index (χ4v) is 1.51. The maximum absolute atomic E-state index is 11.9. The van der Waals surface area contributed by atoms with Crippen LogP contribution in [0.4, 0.5) is 5.82 Å². The van der Waals surface area contributed by atoms with Gasteiger partial charge >= 0.3 is 0 Å². The van der Waals surface area contributed by atoms with Crippen molar-refractivity contribution in [3.8, 4) is 0 Å². The van der Waals surface area contributed by atoms with Crippen LogP contribution in [-0.2, 0) is 14.3 Å². The molecule has 5 N–H and O–H groups in total. The number of aromatic amines is 1. The smallest absolute Gasteiger partial charge is 0.274 e. The summed E-state index contributed by atoms with van der Waals surface area (Å²) in [4.78, 5) is 41.7. The van der Waals surface area contributed by atoms with Gasteiger partial charge in [-0.25, -0.2) is 4.98 Å². The summed E-state index contributed by atoms with van der Waals surface area (Å²) < 4.78 is 4.62. The van der Waals surface area contributed by atoms with Crippen LogP contribution < -0.4 is 16.4 Å². The van der Waals surface area contributed by atoms with Gasteiger partial charge < -0.3 is 20.4 Å². The lowest BCUT2D eigenvalue weighted by molar-refractivity contribution is -0.136. The minimum atomic E-state index is -2.17. The number of rotatable bonds is 3. The second-order valence-corrected chi connectivity index (χ2v) is 3.70. The first-order chi connectivity index (χ1) is 8.49. The monoisotopic (exact) mass is 253 g/mol. The van der Waals surface area contributed by atoms with E-state index in [1.54, 1.807) is 0 Å². The van der Waals surface area contributed by atoms with E-state index < -0.39 is 29.9 Å². The van der Waals surface area contributed by atoms with Crippen molar-refractivity contribution in [1.82, 2.24) is 15.3 Å². The van der Waals surface area contributed by atoms with E-state index in [2.05, 4.69) is 25.3 Å². The van der Waals surface area contributed by atoms with E-state index in [1.165, 1.54) is 13.4 Å². The number of nitrogens with one attached hydrogen (secondary N) is 3. The summed E-state index contributed by atoms with van der Waals surface area (Å²) in [6.07, 6.45) is 1.24. The van der Waals surface area contributed by atoms with Crippen LogP contribution in [0.5, 0.6) is 0 Å². The number of carbonyl (C=O) groups is 3. The highest BCUT2D eigenvalue weighted by Gasteiger charge is 2.46. The highest BCUT2D eigenvalue weighted by molar-refractivity contribution is 6.20. The normalized spacial score (nSPS) is 22.8. The first kappa shape index (κ1) is 12.2. The zero-order valence-electron chi connectivity index (χ0n) is 9.44. The molecule has 1 aromatic heterocycles. The molecule has 0 fully saturated rings. The van der Waals surface area contributed by atoms with Crippen molar-refractivity contribution in [3.05, 3.63) is 12.0 Å². The van der Waals surface area contributed by atoms with Gasteiger partial charge in [0.1, 0.15) is 12.3 Å². The Kier molecular flexibility index (Phi) is 2.85. The van der Waals surface area contributed by atoms with Crippen LogP contribution in [-0.4, -0.2) is 46.9 Å². The lowest BCUT2D eigenvalue weighted by atomic mass is 10.1. The van der Waals surface area contributed by atoms with Gasteiger partial charge in [-0.2, -0.15) is 0 Å². The summed E-state index contributed by atoms with van der Waals surface area (Å²) in [5.41, 5.74) is 3.50. The van der Waals surface area contributed by atoms with E-state index in [0.717, 1.165) is 0 Å². The van der Waals surface area contributed by atoms with Gasteiger partial charge in [-0.3, -0.25) is 20.1 Å². The second-order valence-electron chi connectivity index (χ2n) is 3.70. The molecule has 1 aromatic rings. The van der Waals surface area contributed by atoms with Crippen molar-refractivity contribution in [2.75, 3.05) is 19.0 Å². The van der Waals surface area contributed by atoms with Crippen LogP contribution >= 0.6 is 0 Å². The molecule has 0 spiro atoms. The quantitative estimate of drug-likeness (QED) is 0.458. The minimum Gasteiger partial charge on any atom is -0.377 e. The summed E-state index contributed by atoms with van der Waals surface area (Å²) in [6, 6.07) is 0. The predicted octanol–water partition coefficient (Wildman–Crippen LogP) is -2.04. The predicted molar refractivity (Wildman–Crippen MR) is 58.5 cm³/mol. The molecule has 2 amide bonds. The summed E-state index contributed by atoms with van der Waals surface area (Å²) in [7, 11) is 1.28. The number of H-pyrrole nitrogens is 1. The molecule has 18 heavy (non-hydrogen) atoms. The van der Waals surface area contributed by atoms with E-state index in [9.17, 15) is 14.4 Å². The number of anilines is 1. The Hall–Kier alpha value is -2.26. The van der Waals surface area contributed by atoms with Gasteiger partial charge in [0, 0.05) is 7.11 Å². The van der Waals surface area contributed by atoms with E-state index >= 15 is 0 Å². The number of nitrogens with zero attached hydrogens (tertiary/aromatic N) is 1. The third-order valence-electron chi connectivity index (χ3n) is 2.48. The number of aromatic nitrogens is 2. The molecule has 0 saturated carbocycles. The van der Waals surface area contributed by atoms with E-state index in [4.69, 9.17) is 5.73 Å². The Morgan fingerprint density at radius 2 is 2.28 bits per heavy atom. The van der Waals surface area contributed by atoms with E-state index in [-0.39, 0.29) is 11.5 Å². The van der Waals surface area contributed by atoms with Crippen LogP contribution in [0, 0.1) is 0 Å². The van der Waals surface area contributed by atoms with Crippen molar-refractivity contribution in [1.29, 1.82) is 0 Å². The lowest BCUT2D eigenvalue weighted by Crippen LogP contribution is -2.68. The van der Waals surface area contributed by atoms with Gasteiger partial charge in [0.15, 0.2) is 5.82 Å². The fourth-order valence-electron chi connectivity index (χ4n) is 1.51. The van der Waals surface area contributed by atoms with Crippen molar-refractivity contribution in [3.63, 3.8) is 0 Å². The second kappa shape index (κ2) is 4.20. The van der Waals surface area contributed by atoms with Crippen LogP contribution in [0.15, 0.2) is 6.33 Å². The summed E-state index contributed by atoms with van der Waals surface area (Å²) >= 11 is 0. The molecular formula is C9H11N5O4. The standard InChI is InChI=1S/C9H11N5O4/c1-18-2-4(15)9(10)8(17)13-6-5(7(16)14-9)11-3-12-6/h3H,2,10H2,1H3,(H,11,12)(H,13,17)(H,14,16). The molecule has 1 unspecified atom stereocenters. The molecule has 1 aliphatic heterocycles. The van der Waals surface area contributed by atoms with E-state index in [0.29, 0.717) is 0 Å². The third kappa shape index (κ3) is 1.75. The molecule has 9 nitrogen and oxygen atoms in total. The molecule has 9 heteroatoms. The lowest BCUT2D eigenvalue weighted by Gasteiger charge is -2.24. The average Bonchev–Trinajstić information content (AvgIpc) is 2.73. The van der Waals surface area contributed by atoms with Crippen molar-refractivity contribution < 1.29 is 19.1 Å². The Morgan fingerprint density at radius 3 is 2.94 bits per heavy atom. The number of fused-ring (bicyclic) bond motifs is 1. The Morgan fingerprint density at radius 1 is 1.56 bits per heavy atom. The summed E-state index contributed by atoms with van der Waals surface area (Å²) in [5.74, 6) is -2.31. The Balaban J connectivity index is 2.37. The van der Waals surface area contributed by atoms with Crippen LogP contribution in [0.1, 0.15) is 10.5 Å². The number of Topliss-reactive ketones (excluding diaryl/α,β-unsaturated/α-hetero) is 1.